The molecule has 0 heterocycles. The fourth-order valence-electron chi connectivity index (χ4n) is 2.20. The minimum atomic E-state index is -0.281. The van der Waals surface area contributed by atoms with E-state index in [-0.39, 0.29) is 12.0 Å². The highest BCUT2D eigenvalue weighted by Crippen LogP contribution is 2.24. The van der Waals surface area contributed by atoms with Gasteiger partial charge in [-0.15, -0.1) is 11.8 Å². The first-order valence-electron chi connectivity index (χ1n) is 7.51. The van der Waals surface area contributed by atoms with Crippen LogP contribution in [0.15, 0.2) is 59.5 Å². The maximum absolute atomic E-state index is 12.0. The maximum atomic E-state index is 12.0. The van der Waals surface area contributed by atoms with E-state index in [0.717, 1.165) is 11.1 Å². The predicted octanol–water partition coefficient (Wildman–Crippen LogP) is 4.58. The molecular weight excluding hydrogens is 342 g/mol. The largest absolute Gasteiger partial charge is 0.375 e. The van der Waals surface area contributed by atoms with Crippen molar-refractivity contribution in [2.24, 2.45) is 0 Å². The van der Waals surface area contributed by atoms with Crippen LogP contribution in [0, 0.1) is 0 Å². The van der Waals surface area contributed by atoms with Gasteiger partial charge in [-0.25, -0.2) is 0 Å². The molecule has 0 spiro atoms. The average molecular weight is 362 g/mol. The van der Waals surface area contributed by atoms with E-state index in [2.05, 4.69) is 5.32 Å². The van der Waals surface area contributed by atoms with Crippen LogP contribution in [0.1, 0.15) is 17.2 Å². The molecule has 0 fully saturated rings. The van der Waals surface area contributed by atoms with Crippen molar-refractivity contribution in [1.29, 1.82) is 0 Å². The van der Waals surface area contributed by atoms with Gasteiger partial charge in [0.25, 0.3) is 0 Å². The van der Waals surface area contributed by atoms with Crippen LogP contribution in [-0.2, 0) is 9.53 Å². The summed E-state index contributed by atoms with van der Waals surface area (Å²) < 4.78 is 5.43. The molecule has 24 heavy (non-hydrogen) atoms. The van der Waals surface area contributed by atoms with Gasteiger partial charge in [-0.1, -0.05) is 41.9 Å². The summed E-state index contributed by atoms with van der Waals surface area (Å²) in [5.74, 6) is -0.168. The average Bonchev–Trinajstić information content (AvgIpc) is 2.62. The Hall–Kier alpha value is -1.75. The molecule has 0 aliphatic heterocycles. The number of amides is 1. The highest BCUT2D eigenvalue weighted by atomic mass is 35.5. The Morgan fingerprint density at radius 2 is 1.96 bits per heavy atom. The quantitative estimate of drug-likeness (QED) is 0.579. The Morgan fingerprint density at radius 1 is 1.25 bits per heavy atom. The molecule has 126 valence electrons. The summed E-state index contributed by atoms with van der Waals surface area (Å²) in [7, 11) is 1.60. The summed E-state index contributed by atoms with van der Waals surface area (Å²) in [4.78, 5) is 13.2. The first-order valence-corrected chi connectivity index (χ1v) is 9.11. The molecule has 0 saturated carbocycles. The van der Waals surface area contributed by atoms with Gasteiger partial charge >= 0.3 is 0 Å². The summed E-state index contributed by atoms with van der Waals surface area (Å²) in [5.41, 5.74) is 1.84. The molecule has 0 unspecified atom stereocenters. The number of carbonyl (C=O) groups is 1. The molecule has 1 amide bonds. The Bertz CT molecular complexity index is 701. The fraction of sp³-hybridized carbons (Fsp3) is 0.211. The van der Waals surface area contributed by atoms with Crippen LogP contribution >= 0.6 is 23.4 Å². The number of rotatable bonds is 7. The molecule has 0 bridgehead atoms. The van der Waals surface area contributed by atoms with Crippen molar-refractivity contribution in [3.05, 3.63) is 70.8 Å². The summed E-state index contributed by atoms with van der Waals surface area (Å²) in [6, 6.07) is 15.5. The van der Waals surface area contributed by atoms with Crippen LogP contribution in [0.3, 0.4) is 0 Å². The highest BCUT2D eigenvalue weighted by molar-refractivity contribution is 7.98. The lowest BCUT2D eigenvalue weighted by molar-refractivity contribution is -0.117. The lowest BCUT2D eigenvalue weighted by Crippen LogP contribution is -2.27. The Morgan fingerprint density at radius 3 is 2.58 bits per heavy atom. The lowest BCUT2D eigenvalue weighted by Gasteiger charge is -2.17. The van der Waals surface area contributed by atoms with Crippen molar-refractivity contribution in [3.63, 3.8) is 0 Å². The van der Waals surface area contributed by atoms with Crippen molar-refractivity contribution in [2.45, 2.75) is 11.0 Å². The topological polar surface area (TPSA) is 38.3 Å². The van der Waals surface area contributed by atoms with Crippen molar-refractivity contribution < 1.29 is 9.53 Å². The normalized spacial score (nSPS) is 12.3. The van der Waals surface area contributed by atoms with Crippen LogP contribution in [0.25, 0.3) is 6.08 Å². The Kier molecular flexibility index (Phi) is 7.37. The van der Waals surface area contributed by atoms with E-state index in [1.807, 2.05) is 54.8 Å². The first kappa shape index (κ1) is 18.6. The van der Waals surface area contributed by atoms with Crippen molar-refractivity contribution in [2.75, 3.05) is 19.9 Å². The fourth-order valence-corrected chi connectivity index (χ4v) is 2.86. The lowest BCUT2D eigenvalue weighted by atomic mass is 10.1. The van der Waals surface area contributed by atoms with Gasteiger partial charge in [0.1, 0.15) is 6.10 Å². The van der Waals surface area contributed by atoms with Gasteiger partial charge in [-0.2, -0.15) is 0 Å². The molecule has 1 N–H and O–H groups in total. The second-order valence-electron chi connectivity index (χ2n) is 5.10. The summed E-state index contributed by atoms with van der Waals surface area (Å²) >= 11 is 7.86. The zero-order valence-corrected chi connectivity index (χ0v) is 15.2. The second kappa shape index (κ2) is 9.52. The number of methoxy groups -OCH3 is 1. The highest BCUT2D eigenvalue weighted by Gasteiger charge is 2.14. The number of hydrogen-bond acceptors (Lipinski definition) is 3. The van der Waals surface area contributed by atoms with E-state index < -0.39 is 0 Å². The minimum absolute atomic E-state index is 0.168. The van der Waals surface area contributed by atoms with Crippen molar-refractivity contribution in [3.8, 4) is 0 Å². The van der Waals surface area contributed by atoms with Crippen LogP contribution in [0.2, 0.25) is 5.02 Å². The third-order valence-electron chi connectivity index (χ3n) is 3.54. The third kappa shape index (κ3) is 5.41. The molecule has 0 radical (unpaired) electrons. The number of benzene rings is 2. The molecule has 2 aromatic rings. The van der Waals surface area contributed by atoms with Gasteiger partial charge in [0.15, 0.2) is 0 Å². The van der Waals surface area contributed by atoms with E-state index in [4.69, 9.17) is 16.3 Å². The molecule has 1 atom stereocenters. The smallest absolute Gasteiger partial charge is 0.244 e. The van der Waals surface area contributed by atoms with Crippen LogP contribution < -0.4 is 5.32 Å². The Labute approximate surface area is 152 Å². The number of thioether (sulfide) groups is 1. The molecule has 5 heteroatoms. The molecule has 0 aromatic heterocycles. The Balaban J connectivity index is 1.91. The van der Waals surface area contributed by atoms with Gasteiger partial charge in [0.05, 0.1) is 0 Å². The number of carbonyl (C=O) groups excluding carboxylic acids is 1. The molecule has 0 aliphatic rings. The van der Waals surface area contributed by atoms with Gasteiger partial charge in [0, 0.05) is 35.2 Å². The molecular formula is C19H20ClNO2S. The standard InChI is InChI=1S/C19H20ClNO2S/c1-23-18(16-5-3-4-6-17(16)20)13-21-19(22)12-9-14-7-10-15(24-2)11-8-14/h3-12,18H,13H2,1-2H3,(H,21,22)/b12-9+/t18-/m1/s1. The molecule has 2 aromatic carbocycles. The predicted molar refractivity (Wildman–Crippen MR) is 101 cm³/mol. The van der Waals surface area contributed by atoms with E-state index in [1.165, 1.54) is 11.0 Å². The van der Waals surface area contributed by atoms with E-state index in [9.17, 15) is 4.79 Å². The minimum Gasteiger partial charge on any atom is -0.375 e. The molecule has 2 rings (SSSR count). The molecule has 3 nitrogen and oxygen atoms in total. The monoisotopic (exact) mass is 361 g/mol. The SMILES string of the molecule is CO[C@H](CNC(=O)/C=C/c1ccc(SC)cc1)c1ccccc1Cl. The summed E-state index contributed by atoms with van der Waals surface area (Å²) in [5, 5.41) is 3.47. The number of ether oxygens (including phenoxy) is 1. The first-order chi connectivity index (χ1) is 11.6. The number of nitrogens with one attached hydrogen (secondary N) is 1. The van der Waals surface area contributed by atoms with Gasteiger partial charge < -0.3 is 10.1 Å². The zero-order chi connectivity index (χ0) is 17.4. The van der Waals surface area contributed by atoms with Crippen molar-refractivity contribution >= 4 is 35.3 Å². The van der Waals surface area contributed by atoms with Crippen LogP contribution in [0.5, 0.6) is 0 Å². The molecule has 0 aliphatic carbocycles. The zero-order valence-electron chi connectivity index (χ0n) is 13.7. The van der Waals surface area contributed by atoms with E-state index >= 15 is 0 Å². The maximum Gasteiger partial charge on any atom is 0.244 e. The summed E-state index contributed by atoms with van der Waals surface area (Å²) in [6.45, 7) is 0.356. The number of hydrogen-bond donors (Lipinski definition) is 1. The van der Waals surface area contributed by atoms with Crippen LogP contribution in [0.4, 0.5) is 0 Å². The van der Waals surface area contributed by atoms with Crippen LogP contribution in [-0.4, -0.2) is 25.8 Å². The molecule has 0 saturated heterocycles. The van der Waals surface area contributed by atoms with Gasteiger partial charge in [-0.3, -0.25) is 4.79 Å². The third-order valence-corrected chi connectivity index (χ3v) is 4.63. The van der Waals surface area contributed by atoms with Crippen molar-refractivity contribution in [1.82, 2.24) is 5.32 Å². The summed E-state index contributed by atoms with van der Waals surface area (Å²) in [6.07, 6.45) is 5.06. The van der Waals surface area contributed by atoms with E-state index in [0.29, 0.717) is 11.6 Å². The number of halogens is 1. The second-order valence-corrected chi connectivity index (χ2v) is 6.38. The van der Waals surface area contributed by atoms with Gasteiger partial charge in [-0.05, 0) is 36.1 Å². The van der Waals surface area contributed by atoms with Gasteiger partial charge in [0.2, 0.25) is 5.91 Å². The van der Waals surface area contributed by atoms with E-state index in [1.54, 1.807) is 24.9 Å².